The summed E-state index contributed by atoms with van der Waals surface area (Å²) in [4.78, 5) is 2.41. The van der Waals surface area contributed by atoms with Crippen molar-refractivity contribution in [3.05, 3.63) is 29.6 Å². The van der Waals surface area contributed by atoms with Crippen LogP contribution in [0.15, 0.2) is 18.2 Å². The van der Waals surface area contributed by atoms with Crippen LogP contribution in [0.2, 0.25) is 0 Å². The van der Waals surface area contributed by atoms with Crippen molar-refractivity contribution in [3.63, 3.8) is 0 Å². The smallest absolute Gasteiger partial charge is 0.165 e. The van der Waals surface area contributed by atoms with E-state index in [4.69, 9.17) is 10.5 Å². The molecule has 0 radical (unpaired) electrons. The summed E-state index contributed by atoms with van der Waals surface area (Å²) in [6.07, 6.45) is 3.78. The van der Waals surface area contributed by atoms with Crippen LogP contribution >= 0.6 is 0 Å². The minimum atomic E-state index is -0.342. The predicted molar refractivity (Wildman–Crippen MR) is 79.3 cm³/mol. The maximum absolute atomic E-state index is 13.7. The molecule has 1 aromatic carbocycles. The van der Waals surface area contributed by atoms with Gasteiger partial charge >= 0.3 is 0 Å². The average Bonchev–Trinajstić information content (AvgIpc) is 2.47. The van der Waals surface area contributed by atoms with Crippen LogP contribution in [-0.4, -0.2) is 31.6 Å². The van der Waals surface area contributed by atoms with Crippen molar-refractivity contribution in [2.45, 2.75) is 32.2 Å². The molecule has 0 saturated carbocycles. The highest BCUT2D eigenvalue weighted by Gasteiger charge is 2.21. The Labute approximate surface area is 120 Å². The van der Waals surface area contributed by atoms with Crippen molar-refractivity contribution >= 4 is 0 Å². The average molecular weight is 280 g/mol. The van der Waals surface area contributed by atoms with Crippen LogP contribution in [0.5, 0.6) is 5.75 Å². The lowest BCUT2D eigenvalue weighted by molar-refractivity contribution is 0.163. The number of nitrogens with two attached hydrogens (primary N) is 1. The topological polar surface area (TPSA) is 38.5 Å². The van der Waals surface area contributed by atoms with E-state index in [1.807, 2.05) is 6.07 Å². The summed E-state index contributed by atoms with van der Waals surface area (Å²) < 4.78 is 18.6. The molecule has 0 bridgehead atoms. The SMILES string of the molecule is CCC1CCCN(CC(N)c2ccc(OC)c(F)c2)C1. The first-order valence-corrected chi connectivity index (χ1v) is 7.45. The molecule has 1 fully saturated rings. The number of hydrogen-bond donors (Lipinski definition) is 1. The standard InChI is InChI=1S/C16H25FN2O/c1-3-12-5-4-8-19(10-12)11-15(18)13-6-7-16(20-2)14(17)9-13/h6-7,9,12,15H,3-5,8,10-11,18H2,1-2H3. The highest BCUT2D eigenvalue weighted by atomic mass is 19.1. The Morgan fingerprint density at radius 2 is 2.30 bits per heavy atom. The van der Waals surface area contributed by atoms with Crippen LogP contribution in [-0.2, 0) is 0 Å². The summed E-state index contributed by atoms with van der Waals surface area (Å²) in [6.45, 7) is 5.25. The number of benzene rings is 1. The van der Waals surface area contributed by atoms with Crippen molar-refractivity contribution < 1.29 is 9.13 Å². The lowest BCUT2D eigenvalue weighted by Gasteiger charge is -2.33. The Bertz CT molecular complexity index is 438. The van der Waals surface area contributed by atoms with Gasteiger partial charge in [-0.05, 0) is 43.0 Å². The zero-order chi connectivity index (χ0) is 14.5. The number of nitrogens with zero attached hydrogens (tertiary/aromatic N) is 1. The summed E-state index contributed by atoms with van der Waals surface area (Å²) in [7, 11) is 1.47. The number of likely N-dealkylation sites (tertiary alicyclic amines) is 1. The minimum absolute atomic E-state index is 0.147. The fraction of sp³-hybridized carbons (Fsp3) is 0.625. The molecule has 0 amide bonds. The van der Waals surface area contributed by atoms with E-state index in [0.29, 0.717) is 0 Å². The molecule has 0 aliphatic carbocycles. The van der Waals surface area contributed by atoms with E-state index in [1.165, 1.54) is 32.4 Å². The molecule has 1 aliphatic rings. The normalized spacial score (nSPS) is 21.7. The summed E-state index contributed by atoms with van der Waals surface area (Å²) in [5, 5.41) is 0. The third-order valence-electron chi connectivity index (χ3n) is 4.24. The van der Waals surface area contributed by atoms with E-state index < -0.39 is 0 Å². The fourth-order valence-corrected chi connectivity index (χ4v) is 2.95. The van der Waals surface area contributed by atoms with E-state index in [0.717, 1.165) is 31.1 Å². The Morgan fingerprint density at radius 3 is 2.95 bits per heavy atom. The lowest BCUT2D eigenvalue weighted by Crippen LogP contribution is -2.39. The molecule has 4 heteroatoms. The second-order valence-corrected chi connectivity index (χ2v) is 5.68. The second kappa shape index (κ2) is 7.04. The first kappa shape index (κ1) is 15.3. The van der Waals surface area contributed by atoms with Crippen molar-refractivity contribution in [3.8, 4) is 5.75 Å². The number of halogens is 1. The van der Waals surface area contributed by atoms with E-state index in [9.17, 15) is 4.39 Å². The third kappa shape index (κ3) is 3.70. The fourth-order valence-electron chi connectivity index (χ4n) is 2.95. The number of piperidine rings is 1. The van der Waals surface area contributed by atoms with Gasteiger partial charge in [-0.1, -0.05) is 19.4 Å². The molecule has 112 valence electrons. The van der Waals surface area contributed by atoms with Gasteiger partial charge in [0.1, 0.15) is 0 Å². The monoisotopic (exact) mass is 280 g/mol. The quantitative estimate of drug-likeness (QED) is 0.901. The van der Waals surface area contributed by atoms with Gasteiger partial charge in [-0.2, -0.15) is 0 Å². The molecule has 1 saturated heterocycles. The third-order valence-corrected chi connectivity index (χ3v) is 4.24. The van der Waals surface area contributed by atoms with E-state index >= 15 is 0 Å². The molecule has 2 N–H and O–H groups in total. The summed E-state index contributed by atoms with van der Waals surface area (Å²) in [6, 6.07) is 4.85. The predicted octanol–water partition coefficient (Wildman–Crippen LogP) is 2.96. The number of ether oxygens (including phenoxy) is 1. The molecule has 2 atom stereocenters. The Morgan fingerprint density at radius 1 is 1.50 bits per heavy atom. The number of hydrogen-bond acceptors (Lipinski definition) is 3. The van der Waals surface area contributed by atoms with Crippen molar-refractivity contribution in [2.75, 3.05) is 26.7 Å². The van der Waals surface area contributed by atoms with Gasteiger partial charge in [0.2, 0.25) is 0 Å². The zero-order valence-corrected chi connectivity index (χ0v) is 12.4. The maximum Gasteiger partial charge on any atom is 0.165 e. The van der Waals surface area contributed by atoms with Gasteiger partial charge in [0, 0.05) is 19.1 Å². The van der Waals surface area contributed by atoms with Gasteiger partial charge in [-0.25, -0.2) is 4.39 Å². The highest BCUT2D eigenvalue weighted by molar-refractivity contribution is 5.31. The molecule has 2 rings (SSSR count). The van der Waals surface area contributed by atoms with Crippen LogP contribution in [0, 0.1) is 11.7 Å². The number of methoxy groups -OCH3 is 1. The molecule has 20 heavy (non-hydrogen) atoms. The molecular weight excluding hydrogens is 255 g/mol. The van der Waals surface area contributed by atoms with Crippen molar-refractivity contribution in [1.82, 2.24) is 4.90 Å². The van der Waals surface area contributed by atoms with Crippen LogP contribution < -0.4 is 10.5 Å². The van der Waals surface area contributed by atoms with Gasteiger partial charge in [0.15, 0.2) is 11.6 Å². The van der Waals surface area contributed by atoms with Crippen molar-refractivity contribution in [1.29, 1.82) is 0 Å². The molecule has 1 aromatic rings. The molecule has 2 unspecified atom stereocenters. The molecule has 1 heterocycles. The minimum Gasteiger partial charge on any atom is -0.494 e. The largest absolute Gasteiger partial charge is 0.494 e. The zero-order valence-electron chi connectivity index (χ0n) is 12.4. The number of rotatable bonds is 5. The van der Waals surface area contributed by atoms with Gasteiger partial charge in [0.05, 0.1) is 7.11 Å². The van der Waals surface area contributed by atoms with Gasteiger partial charge in [0.25, 0.3) is 0 Å². The van der Waals surface area contributed by atoms with Crippen LogP contribution in [0.3, 0.4) is 0 Å². The van der Waals surface area contributed by atoms with E-state index in [2.05, 4.69) is 11.8 Å². The maximum atomic E-state index is 13.7. The summed E-state index contributed by atoms with van der Waals surface area (Å²) >= 11 is 0. The Hall–Kier alpha value is -1.13. The molecule has 0 aromatic heterocycles. The Balaban J connectivity index is 1.97. The molecule has 1 aliphatic heterocycles. The van der Waals surface area contributed by atoms with Crippen LogP contribution in [0.4, 0.5) is 4.39 Å². The second-order valence-electron chi connectivity index (χ2n) is 5.68. The summed E-state index contributed by atoms with van der Waals surface area (Å²) in [5.41, 5.74) is 7.06. The molecule has 0 spiro atoms. The first-order valence-electron chi connectivity index (χ1n) is 7.45. The van der Waals surface area contributed by atoms with Crippen molar-refractivity contribution in [2.24, 2.45) is 11.7 Å². The Kier molecular flexibility index (Phi) is 5.38. The summed E-state index contributed by atoms with van der Waals surface area (Å²) in [5.74, 6) is 0.707. The van der Waals surface area contributed by atoms with Gasteiger partial charge < -0.3 is 15.4 Å². The van der Waals surface area contributed by atoms with Gasteiger partial charge in [-0.3, -0.25) is 0 Å². The van der Waals surface area contributed by atoms with E-state index in [1.54, 1.807) is 6.07 Å². The molecule has 3 nitrogen and oxygen atoms in total. The van der Waals surface area contributed by atoms with Gasteiger partial charge in [-0.15, -0.1) is 0 Å². The highest BCUT2D eigenvalue weighted by Crippen LogP contribution is 2.24. The first-order chi connectivity index (χ1) is 9.63. The van der Waals surface area contributed by atoms with E-state index in [-0.39, 0.29) is 17.6 Å². The van der Waals surface area contributed by atoms with Crippen LogP contribution in [0.25, 0.3) is 0 Å². The van der Waals surface area contributed by atoms with Crippen LogP contribution in [0.1, 0.15) is 37.8 Å². The lowest BCUT2D eigenvalue weighted by atomic mass is 9.95. The molecular formula is C16H25FN2O.